The third kappa shape index (κ3) is 7.02. The summed E-state index contributed by atoms with van der Waals surface area (Å²) < 4.78 is 5.75. The third-order valence-electron chi connectivity index (χ3n) is 4.34. The minimum Gasteiger partial charge on any atom is -0.457 e. The molecule has 3 aromatic rings. The molecule has 7 heteroatoms. The van der Waals surface area contributed by atoms with Crippen LogP contribution in [0.2, 0.25) is 0 Å². The van der Waals surface area contributed by atoms with Crippen molar-refractivity contribution in [1.82, 2.24) is 10.2 Å². The van der Waals surface area contributed by atoms with Crippen molar-refractivity contribution in [2.45, 2.75) is 13.5 Å². The quantitative estimate of drug-likeness (QED) is 0.515. The average Bonchev–Trinajstić information content (AvgIpc) is 3.28. The molecule has 2 aromatic carbocycles. The molecular formula is C23H25N3O3S. The summed E-state index contributed by atoms with van der Waals surface area (Å²) in [6.45, 7) is 3.36. The van der Waals surface area contributed by atoms with Crippen molar-refractivity contribution in [3.8, 4) is 11.5 Å². The van der Waals surface area contributed by atoms with Crippen molar-refractivity contribution < 1.29 is 14.3 Å². The highest BCUT2D eigenvalue weighted by molar-refractivity contribution is 7.09. The van der Waals surface area contributed by atoms with Gasteiger partial charge in [-0.05, 0) is 54.4 Å². The summed E-state index contributed by atoms with van der Waals surface area (Å²) in [4.78, 5) is 27.4. The molecule has 0 bridgehead atoms. The van der Waals surface area contributed by atoms with E-state index in [1.807, 2.05) is 54.8 Å². The molecule has 0 aliphatic heterocycles. The lowest BCUT2D eigenvalue weighted by Gasteiger charge is -2.19. The normalized spacial score (nSPS) is 10.6. The second-order valence-corrected chi connectivity index (χ2v) is 7.68. The lowest BCUT2D eigenvalue weighted by Crippen LogP contribution is -2.40. The fraction of sp³-hybridized carbons (Fsp3) is 0.217. The van der Waals surface area contributed by atoms with E-state index in [0.717, 1.165) is 10.6 Å². The van der Waals surface area contributed by atoms with Gasteiger partial charge in [0.05, 0.1) is 19.6 Å². The molecule has 2 N–H and O–H groups in total. The van der Waals surface area contributed by atoms with Gasteiger partial charge in [0, 0.05) is 10.6 Å². The van der Waals surface area contributed by atoms with Crippen molar-refractivity contribution >= 4 is 28.8 Å². The van der Waals surface area contributed by atoms with Crippen molar-refractivity contribution in [2.24, 2.45) is 0 Å². The number of carbonyl (C=O) groups is 2. The van der Waals surface area contributed by atoms with Gasteiger partial charge in [-0.25, -0.2) is 0 Å². The van der Waals surface area contributed by atoms with Gasteiger partial charge in [0.15, 0.2) is 0 Å². The minimum absolute atomic E-state index is 0.0968. The number of hydrogen-bond donors (Lipinski definition) is 2. The van der Waals surface area contributed by atoms with E-state index < -0.39 is 0 Å². The Kier molecular flexibility index (Phi) is 8.00. The van der Waals surface area contributed by atoms with E-state index in [4.69, 9.17) is 4.74 Å². The number of likely N-dealkylation sites (N-methyl/N-ethyl adjacent to an activating group) is 1. The van der Waals surface area contributed by atoms with Crippen molar-refractivity contribution in [2.75, 3.05) is 25.0 Å². The topological polar surface area (TPSA) is 70.7 Å². The van der Waals surface area contributed by atoms with E-state index >= 15 is 0 Å². The van der Waals surface area contributed by atoms with Gasteiger partial charge in [-0.3, -0.25) is 14.5 Å². The zero-order valence-electron chi connectivity index (χ0n) is 16.8. The highest BCUT2D eigenvalue weighted by Crippen LogP contribution is 2.22. The predicted octanol–water partition coefficient (Wildman–Crippen LogP) is 4.12. The van der Waals surface area contributed by atoms with Gasteiger partial charge in [0.1, 0.15) is 11.5 Å². The smallest absolute Gasteiger partial charge is 0.238 e. The Hall–Kier alpha value is -3.16. The van der Waals surface area contributed by atoms with Gasteiger partial charge in [-0.15, -0.1) is 11.3 Å². The van der Waals surface area contributed by atoms with E-state index in [1.165, 1.54) is 0 Å². The molecule has 0 fully saturated rings. The van der Waals surface area contributed by atoms with Crippen molar-refractivity contribution in [3.63, 3.8) is 0 Å². The van der Waals surface area contributed by atoms with Gasteiger partial charge >= 0.3 is 0 Å². The first-order valence-electron chi connectivity index (χ1n) is 9.76. The van der Waals surface area contributed by atoms with E-state index in [0.29, 0.717) is 24.5 Å². The minimum atomic E-state index is -0.167. The summed E-state index contributed by atoms with van der Waals surface area (Å²) in [5.74, 6) is 1.18. The number of carbonyl (C=O) groups excluding carboxylic acids is 2. The fourth-order valence-electron chi connectivity index (χ4n) is 2.77. The zero-order valence-corrected chi connectivity index (χ0v) is 17.7. The summed E-state index contributed by atoms with van der Waals surface area (Å²) in [7, 11) is 0. The number of amides is 2. The number of thiophene rings is 1. The SMILES string of the molecule is CCN(CC(=O)NCc1cccs1)CC(=O)Nc1ccc(Oc2ccccc2)cc1. The van der Waals surface area contributed by atoms with Crippen molar-refractivity contribution in [3.05, 3.63) is 77.0 Å². The number of anilines is 1. The Labute approximate surface area is 180 Å². The summed E-state index contributed by atoms with van der Waals surface area (Å²) in [6, 6.07) is 20.6. The molecule has 0 aliphatic carbocycles. The Morgan fingerprint density at radius 2 is 1.60 bits per heavy atom. The van der Waals surface area contributed by atoms with Gasteiger partial charge in [-0.2, -0.15) is 0 Å². The molecule has 0 saturated carbocycles. The van der Waals surface area contributed by atoms with Gasteiger partial charge in [-0.1, -0.05) is 31.2 Å². The Morgan fingerprint density at radius 1 is 0.900 bits per heavy atom. The molecular weight excluding hydrogens is 398 g/mol. The van der Waals surface area contributed by atoms with E-state index in [2.05, 4.69) is 10.6 Å². The van der Waals surface area contributed by atoms with Gasteiger partial charge in [0.25, 0.3) is 0 Å². The van der Waals surface area contributed by atoms with Crippen LogP contribution in [0.5, 0.6) is 11.5 Å². The first-order chi connectivity index (χ1) is 14.6. The maximum absolute atomic E-state index is 12.4. The largest absolute Gasteiger partial charge is 0.457 e. The molecule has 1 heterocycles. The lowest BCUT2D eigenvalue weighted by atomic mass is 10.3. The summed E-state index contributed by atoms with van der Waals surface area (Å²) in [5, 5.41) is 7.72. The first-order valence-corrected chi connectivity index (χ1v) is 10.6. The molecule has 6 nitrogen and oxygen atoms in total. The highest BCUT2D eigenvalue weighted by atomic mass is 32.1. The molecule has 30 heavy (non-hydrogen) atoms. The molecule has 0 unspecified atom stereocenters. The Bertz CT molecular complexity index is 928. The van der Waals surface area contributed by atoms with Crippen LogP contribution < -0.4 is 15.4 Å². The molecule has 0 saturated heterocycles. The zero-order chi connectivity index (χ0) is 21.2. The van der Waals surface area contributed by atoms with Gasteiger partial charge < -0.3 is 15.4 Å². The van der Waals surface area contributed by atoms with Crippen LogP contribution in [-0.2, 0) is 16.1 Å². The molecule has 0 radical (unpaired) electrons. The van der Waals surface area contributed by atoms with Crippen LogP contribution in [0.15, 0.2) is 72.1 Å². The molecule has 0 aliphatic rings. The van der Waals surface area contributed by atoms with Crippen LogP contribution >= 0.6 is 11.3 Å². The lowest BCUT2D eigenvalue weighted by molar-refractivity contribution is -0.123. The molecule has 156 valence electrons. The standard InChI is InChI=1S/C23H25N3O3S/c1-2-26(16-22(27)24-15-21-9-6-14-30-21)17-23(28)25-18-10-12-20(13-11-18)29-19-7-4-3-5-8-19/h3-14H,2,15-17H2,1H3,(H,24,27)(H,25,28). The monoisotopic (exact) mass is 423 g/mol. The summed E-state index contributed by atoms with van der Waals surface area (Å²) >= 11 is 1.60. The number of nitrogens with one attached hydrogen (secondary N) is 2. The average molecular weight is 424 g/mol. The maximum Gasteiger partial charge on any atom is 0.238 e. The van der Waals surface area contributed by atoms with Crippen LogP contribution in [0, 0.1) is 0 Å². The van der Waals surface area contributed by atoms with E-state index in [-0.39, 0.29) is 24.9 Å². The van der Waals surface area contributed by atoms with E-state index in [9.17, 15) is 9.59 Å². The third-order valence-corrected chi connectivity index (χ3v) is 5.21. The van der Waals surface area contributed by atoms with Crippen LogP contribution in [0.25, 0.3) is 0 Å². The van der Waals surface area contributed by atoms with Crippen LogP contribution in [0.3, 0.4) is 0 Å². The summed E-state index contributed by atoms with van der Waals surface area (Å²) in [6.07, 6.45) is 0. The summed E-state index contributed by atoms with van der Waals surface area (Å²) in [5.41, 5.74) is 0.679. The molecule has 3 rings (SSSR count). The number of ether oxygens (including phenoxy) is 1. The van der Waals surface area contributed by atoms with E-state index in [1.54, 1.807) is 40.5 Å². The molecule has 0 spiro atoms. The Morgan fingerprint density at radius 3 is 2.27 bits per heavy atom. The number of nitrogens with zero attached hydrogens (tertiary/aromatic N) is 1. The highest BCUT2D eigenvalue weighted by Gasteiger charge is 2.13. The number of benzene rings is 2. The maximum atomic E-state index is 12.4. The fourth-order valence-corrected chi connectivity index (χ4v) is 3.42. The predicted molar refractivity (Wildman–Crippen MR) is 120 cm³/mol. The first kappa shape index (κ1) is 21.5. The molecule has 1 aromatic heterocycles. The molecule has 0 atom stereocenters. The second kappa shape index (κ2) is 11.1. The second-order valence-electron chi connectivity index (χ2n) is 6.65. The molecule has 2 amide bonds. The number of para-hydroxylation sites is 1. The van der Waals surface area contributed by atoms with Crippen LogP contribution in [0.1, 0.15) is 11.8 Å². The number of hydrogen-bond acceptors (Lipinski definition) is 5. The van der Waals surface area contributed by atoms with Crippen LogP contribution in [-0.4, -0.2) is 36.3 Å². The number of rotatable bonds is 10. The van der Waals surface area contributed by atoms with Crippen LogP contribution in [0.4, 0.5) is 5.69 Å². The van der Waals surface area contributed by atoms with Crippen molar-refractivity contribution in [1.29, 1.82) is 0 Å². The van der Waals surface area contributed by atoms with Gasteiger partial charge in [0.2, 0.25) is 11.8 Å². The Balaban J connectivity index is 1.44.